The molecule has 1 aromatic heterocycles. The Balaban J connectivity index is 1.60. The van der Waals surface area contributed by atoms with Crippen LogP contribution < -0.4 is 10.6 Å². The number of anilines is 2. The lowest BCUT2D eigenvalue weighted by molar-refractivity contribution is -0.147. The molecule has 0 spiro atoms. The van der Waals surface area contributed by atoms with Crippen molar-refractivity contribution in [2.75, 3.05) is 10.6 Å². The smallest absolute Gasteiger partial charge is 0.316 e. The maximum absolute atomic E-state index is 12.3. The van der Waals surface area contributed by atoms with Gasteiger partial charge in [0.05, 0.1) is 11.9 Å². The number of pyridine rings is 1. The number of amides is 2. The third-order valence-corrected chi connectivity index (χ3v) is 4.65. The van der Waals surface area contributed by atoms with Gasteiger partial charge in [0.1, 0.15) is 11.7 Å². The van der Waals surface area contributed by atoms with Gasteiger partial charge in [0.15, 0.2) is 0 Å². The van der Waals surface area contributed by atoms with E-state index in [4.69, 9.17) is 0 Å². The standard InChI is InChI=1S/C17H21N3O4/c21-15(11-5-6-11)20-13-8-7-12(9-18-13)19-16(22)14(17(23)24)10-3-1-2-4-10/h7-11,14H,1-6H2,(H,19,22)(H,23,24)(H,18,20,21). The van der Waals surface area contributed by atoms with Gasteiger partial charge in [-0.1, -0.05) is 12.8 Å². The minimum atomic E-state index is -1.08. The average Bonchev–Trinajstić information content (AvgIpc) is 3.27. The van der Waals surface area contributed by atoms with Crippen molar-refractivity contribution in [1.82, 2.24) is 4.98 Å². The van der Waals surface area contributed by atoms with E-state index >= 15 is 0 Å². The highest BCUT2D eigenvalue weighted by atomic mass is 16.4. The van der Waals surface area contributed by atoms with E-state index in [9.17, 15) is 19.5 Å². The molecule has 7 nitrogen and oxygen atoms in total. The van der Waals surface area contributed by atoms with Gasteiger partial charge >= 0.3 is 5.97 Å². The quantitative estimate of drug-likeness (QED) is 0.693. The van der Waals surface area contributed by atoms with Gasteiger partial charge in [0.25, 0.3) is 0 Å². The Morgan fingerprint density at radius 1 is 1.08 bits per heavy atom. The van der Waals surface area contributed by atoms with Gasteiger partial charge in [0.2, 0.25) is 11.8 Å². The number of nitrogens with zero attached hydrogens (tertiary/aromatic N) is 1. The van der Waals surface area contributed by atoms with Crippen molar-refractivity contribution >= 4 is 29.3 Å². The number of carboxylic acid groups (broad SMARTS) is 1. The Bertz CT molecular complexity index is 634. The Morgan fingerprint density at radius 3 is 2.33 bits per heavy atom. The molecule has 3 rings (SSSR count). The SMILES string of the molecule is O=C(Nc1ccc(NC(=O)C(C(=O)O)C2CCCC2)cn1)C1CC1. The van der Waals surface area contributed by atoms with E-state index in [-0.39, 0.29) is 17.7 Å². The van der Waals surface area contributed by atoms with Crippen LogP contribution in [0.25, 0.3) is 0 Å². The fourth-order valence-corrected chi connectivity index (χ4v) is 3.15. The average molecular weight is 331 g/mol. The summed E-state index contributed by atoms with van der Waals surface area (Å²) in [6.07, 6.45) is 6.74. The molecule has 1 atom stereocenters. The number of hydrogen-bond acceptors (Lipinski definition) is 4. The number of nitrogens with one attached hydrogen (secondary N) is 2. The molecule has 1 aromatic rings. The Hall–Kier alpha value is -2.44. The van der Waals surface area contributed by atoms with E-state index in [0.29, 0.717) is 11.5 Å². The van der Waals surface area contributed by atoms with E-state index in [1.54, 1.807) is 12.1 Å². The molecule has 0 aliphatic heterocycles. The van der Waals surface area contributed by atoms with Crippen molar-refractivity contribution in [3.8, 4) is 0 Å². The molecular formula is C17H21N3O4. The van der Waals surface area contributed by atoms with Crippen LogP contribution in [0.3, 0.4) is 0 Å². The first-order valence-electron chi connectivity index (χ1n) is 8.35. The normalized spacial score (nSPS) is 18.8. The lowest BCUT2D eigenvalue weighted by Crippen LogP contribution is -2.34. The van der Waals surface area contributed by atoms with Crippen LogP contribution in [-0.2, 0) is 14.4 Å². The van der Waals surface area contributed by atoms with Gasteiger partial charge in [-0.3, -0.25) is 14.4 Å². The topological polar surface area (TPSA) is 108 Å². The molecule has 1 unspecified atom stereocenters. The van der Waals surface area contributed by atoms with Crippen LogP contribution >= 0.6 is 0 Å². The van der Waals surface area contributed by atoms with Crippen molar-refractivity contribution in [3.63, 3.8) is 0 Å². The second-order valence-corrected chi connectivity index (χ2v) is 6.55. The summed E-state index contributed by atoms with van der Waals surface area (Å²) in [6.45, 7) is 0. The summed E-state index contributed by atoms with van der Waals surface area (Å²) in [5, 5.41) is 14.7. The third-order valence-electron chi connectivity index (χ3n) is 4.65. The first-order valence-corrected chi connectivity index (χ1v) is 8.35. The highest BCUT2D eigenvalue weighted by Gasteiger charge is 2.36. The van der Waals surface area contributed by atoms with Crippen molar-refractivity contribution in [2.45, 2.75) is 38.5 Å². The molecule has 2 aliphatic carbocycles. The van der Waals surface area contributed by atoms with Crippen LogP contribution in [0.4, 0.5) is 11.5 Å². The number of carbonyl (C=O) groups excluding carboxylic acids is 2. The van der Waals surface area contributed by atoms with Crippen LogP contribution in [0.15, 0.2) is 18.3 Å². The Labute approximate surface area is 139 Å². The molecule has 0 aromatic carbocycles. The van der Waals surface area contributed by atoms with Crippen LogP contribution in [-0.4, -0.2) is 27.9 Å². The van der Waals surface area contributed by atoms with Crippen LogP contribution in [0.2, 0.25) is 0 Å². The Morgan fingerprint density at radius 2 is 1.79 bits per heavy atom. The van der Waals surface area contributed by atoms with Gasteiger partial charge < -0.3 is 15.7 Å². The minimum absolute atomic E-state index is 0.0357. The Kier molecular flexibility index (Phi) is 4.78. The van der Waals surface area contributed by atoms with E-state index in [2.05, 4.69) is 15.6 Å². The van der Waals surface area contributed by atoms with Gasteiger partial charge in [-0.25, -0.2) is 4.98 Å². The molecule has 2 aliphatic rings. The molecule has 0 radical (unpaired) electrons. The predicted octanol–water partition coefficient (Wildman–Crippen LogP) is 2.26. The third kappa shape index (κ3) is 3.90. The number of aliphatic carboxylic acids is 1. The summed E-state index contributed by atoms with van der Waals surface area (Å²) in [5.41, 5.74) is 0.425. The van der Waals surface area contributed by atoms with Crippen molar-refractivity contribution in [3.05, 3.63) is 18.3 Å². The van der Waals surface area contributed by atoms with E-state index in [0.717, 1.165) is 38.5 Å². The zero-order chi connectivity index (χ0) is 17.1. The maximum atomic E-state index is 12.3. The molecule has 2 saturated carbocycles. The zero-order valence-electron chi connectivity index (χ0n) is 13.3. The summed E-state index contributed by atoms with van der Waals surface area (Å²) in [7, 11) is 0. The summed E-state index contributed by atoms with van der Waals surface area (Å²) < 4.78 is 0. The molecule has 3 N–H and O–H groups in total. The van der Waals surface area contributed by atoms with Crippen molar-refractivity contribution < 1.29 is 19.5 Å². The van der Waals surface area contributed by atoms with Crippen molar-refractivity contribution in [1.29, 1.82) is 0 Å². The fraction of sp³-hybridized carbons (Fsp3) is 0.529. The van der Waals surface area contributed by atoms with E-state index in [1.165, 1.54) is 6.20 Å². The monoisotopic (exact) mass is 331 g/mol. The first kappa shape index (κ1) is 16.4. The maximum Gasteiger partial charge on any atom is 0.316 e. The molecule has 1 heterocycles. The van der Waals surface area contributed by atoms with E-state index in [1.807, 2.05) is 0 Å². The molecule has 2 amide bonds. The summed E-state index contributed by atoms with van der Waals surface area (Å²) in [6, 6.07) is 3.21. The zero-order valence-corrected chi connectivity index (χ0v) is 13.3. The number of carbonyl (C=O) groups is 3. The number of hydrogen-bond donors (Lipinski definition) is 3. The molecule has 7 heteroatoms. The number of carboxylic acids is 1. The first-order chi connectivity index (χ1) is 11.5. The van der Waals surface area contributed by atoms with Gasteiger partial charge in [-0.05, 0) is 43.7 Å². The second kappa shape index (κ2) is 6.98. The van der Waals surface area contributed by atoms with Crippen LogP contribution in [0.5, 0.6) is 0 Å². The van der Waals surface area contributed by atoms with Crippen molar-refractivity contribution in [2.24, 2.45) is 17.8 Å². The predicted molar refractivity (Wildman–Crippen MR) is 87.3 cm³/mol. The minimum Gasteiger partial charge on any atom is -0.481 e. The second-order valence-electron chi connectivity index (χ2n) is 6.55. The van der Waals surface area contributed by atoms with E-state index < -0.39 is 17.8 Å². The summed E-state index contributed by atoms with van der Waals surface area (Å²) in [5.74, 6) is -2.24. The highest BCUT2D eigenvalue weighted by Crippen LogP contribution is 2.32. The van der Waals surface area contributed by atoms with Gasteiger partial charge in [-0.2, -0.15) is 0 Å². The van der Waals surface area contributed by atoms with Gasteiger partial charge in [-0.15, -0.1) is 0 Å². The number of aromatic nitrogens is 1. The van der Waals surface area contributed by atoms with Crippen LogP contribution in [0.1, 0.15) is 38.5 Å². The molecular weight excluding hydrogens is 310 g/mol. The lowest BCUT2D eigenvalue weighted by Gasteiger charge is -2.18. The highest BCUT2D eigenvalue weighted by molar-refractivity contribution is 6.04. The molecule has 0 saturated heterocycles. The summed E-state index contributed by atoms with van der Waals surface area (Å²) in [4.78, 5) is 39.5. The molecule has 24 heavy (non-hydrogen) atoms. The fourth-order valence-electron chi connectivity index (χ4n) is 3.15. The molecule has 2 fully saturated rings. The summed E-state index contributed by atoms with van der Waals surface area (Å²) >= 11 is 0. The molecule has 128 valence electrons. The van der Waals surface area contributed by atoms with Gasteiger partial charge in [0, 0.05) is 5.92 Å². The lowest BCUT2D eigenvalue weighted by atomic mass is 9.90. The number of rotatable bonds is 6. The largest absolute Gasteiger partial charge is 0.481 e. The molecule has 0 bridgehead atoms. The van der Waals surface area contributed by atoms with Crippen LogP contribution in [0, 0.1) is 17.8 Å².